The van der Waals surface area contributed by atoms with Gasteiger partial charge in [0, 0.05) is 0 Å². The second kappa shape index (κ2) is 5.44. The Balaban J connectivity index is 3.06. The molecule has 0 aliphatic heterocycles. The van der Waals surface area contributed by atoms with E-state index in [1.807, 2.05) is 13.8 Å². The molecule has 0 amide bonds. The van der Waals surface area contributed by atoms with E-state index in [1.54, 1.807) is 0 Å². The summed E-state index contributed by atoms with van der Waals surface area (Å²) in [5.74, 6) is 0. The van der Waals surface area contributed by atoms with E-state index in [-0.39, 0.29) is 9.76 Å². The number of allylic oxidation sites excluding steroid dienone is 1. The highest BCUT2D eigenvalue weighted by atomic mass is 28.2. The quantitative estimate of drug-likeness (QED) is 0.334. The molecule has 0 heterocycles. The molecule has 0 aliphatic carbocycles. The lowest BCUT2D eigenvalue weighted by Crippen LogP contribution is -2.00. The van der Waals surface area contributed by atoms with Crippen LogP contribution in [0.2, 0.25) is 6.04 Å². The van der Waals surface area contributed by atoms with E-state index in [4.69, 9.17) is 4.43 Å². The Hall–Kier alpha value is -0.343. The van der Waals surface area contributed by atoms with Crippen LogP contribution in [0.5, 0.6) is 0 Å². The molecule has 2 heteroatoms. The minimum absolute atomic E-state index is 0.339. The van der Waals surface area contributed by atoms with E-state index in [9.17, 15) is 0 Å². The summed E-state index contributed by atoms with van der Waals surface area (Å²) >= 11 is 0. The van der Waals surface area contributed by atoms with Crippen molar-refractivity contribution < 1.29 is 4.43 Å². The second-order valence-corrected chi connectivity index (χ2v) is 4.03. The van der Waals surface area contributed by atoms with Gasteiger partial charge in [-0.1, -0.05) is 17.7 Å². The first-order valence-electron chi connectivity index (χ1n) is 3.49. The number of hydrogen-bond acceptors (Lipinski definition) is 1. The zero-order chi connectivity index (χ0) is 7.98. The SMILES string of the molecule is C=C(C)CO[SiH2]CC(=C)C. The molecule has 0 fully saturated rings. The first-order chi connectivity index (χ1) is 4.63. The normalized spacial score (nSPS) is 10.6. The van der Waals surface area contributed by atoms with Crippen LogP contribution in [0.3, 0.4) is 0 Å². The van der Waals surface area contributed by atoms with E-state index >= 15 is 0 Å². The Morgan fingerprint density at radius 3 is 2.30 bits per heavy atom. The fourth-order valence-electron chi connectivity index (χ4n) is 0.493. The molecular formula is C8H16OSi. The molecule has 10 heavy (non-hydrogen) atoms. The van der Waals surface area contributed by atoms with Gasteiger partial charge in [-0.05, 0) is 19.9 Å². The maximum Gasteiger partial charge on any atom is 0.166 e. The van der Waals surface area contributed by atoms with Gasteiger partial charge >= 0.3 is 0 Å². The molecule has 0 aromatic heterocycles. The van der Waals surface area contributed by atoms with E-state index in [1.165, 1.54) is 5.57 Å². The number of hydrogen-bond donors (Lipinski definition) is 0. The van der Waals surface area contributed by atoms with Gasteiger partial charge in [0.05, 0.1) is 6.61 Å². The van der Waals surface area contributed by atoms with E-state index in [2.05, 4.69) is 13.2 Å². The first-order valence-corrected chi connectivity index (χ1v) is 5.07. The monoisotopic (exact) mass is 156 g/mol. The summed E-state index contributed by atoms with van der Waals surface area (Å²) in [7, 11) is -0.339. The van der Waals surface area contributed by atoms with Crippen molar-refractivity contribution in [3.63, 3.8) is 0 Å². The minimum Gasteiger partial charge on any atom is -0.420 e. The van der Waals surface area contributed by atoms with Crippen LogP contribution in [-0.4, -0.2) is 16.4 Å². The summed E-state index contributed by atoms with van der Waals surface area (Å²) in [5, 5.41) is 0. The lowest BCUT2D eigenvalue weighted by molar-refractivity contribution is 0.375. The Bertz CT molecular complexity index is 113. The van der Waals surface area contributed by atoms with Crippen LogP contribution in [-0.2, 0) is 4.43 Å². The van der Waals surface area contributed by atoms with Crippen molar-refractivity contribution in [3.8, 4) is 0 Å². The molecule has 0 saturated heterocycles. The maximum atomic E-state index is 5.38. The summed E-state index contributed by atoms with van der Waals surface area (Å²) in [6.07, 6.45) is 0. The minimum atomic E-state index is -0.339. The van der Waals surface area contributed by atoms with Gasteiger partial charge < -0.3 is 4.43 Å². The molecule has 1 nitrogen and oxygen atoms in total. The van der Waals surface area contributed by atoms with Gasteiger partial charge in [0.2, 0.25) is 0 Å². The Labute approximate surface area is 65.7 Å². The van der Waals surface area contributed by atoms with Crippen molar-refractivity contribution in [2.45, 2.75) is 19.9 Å². The van der Waals surface area contributed by atoms with Crippen molar-refractivity contribution in [3.05, 3.63) is 24.3 Å². The maximum absolute atomic E-state index is 5.38. The summed E-state index contributed by atoms with van der Waals surface area (Å²) in [5.41, 5.74) is 2.34. The Kier molecular flexibility index (Phi) is 5.26. The molecule has 0 aromatic rings. The molecule has 0 rings (SSSR count). The fourth-order valence-corrected chi connectivity index (χ4v) is 1.48. The highest BCUT2D eigenvalue weighted by molar-refractivity contribution is 6.28. The van der Waals surface area contributed by atoms with Crippen molar-refractivity contribution in [1.29, 1.82) is 0 Å². The molecule has 0 saturated carbocycles. The topological polar surface area (TPSA) is 9.23 Å². The van der Waals surface area contributed by atoms with Gasteiger partial charge in [-0.25, -0.2) is 0 Å². The fraction of sp³-hybridized carbons (Fsp3) is 0.500. The molecular weight excluding hydrogens is 140 g/mol. The molecule has 0 atom stereocenters. The van der Waals surface area contributed by atoms with Gasteiger partial charge in [-0.2, -0.15) is 0 Å². The average molecular weight is 156 g/mol. The highest BCUT2D eigenvalue weighted by Gasteiger charge is 1.89. The van der Waals surface area contributed by atoms with Crippen LogP contribution in [0, 0.1) is 0 Å². The van der Waals surface area contributed by atoms with Crippen molar-refractivity contribution in [2.75, 3.05) is 6.61 Å². The largest absolute Gasteiger partial charge is 0.420 e. The Morgan fingerprint density at radius 2 is 1.90 bits per heavy atom. The molecule has 0 N–H and O–H groups in total. The van der Waals surface area contributed by atoms with E-state index in [0.717, 1.165) is 18.2 Å². The second-order valence-electron chi connectivity index (χ2n) is 2.72. The van der Waals surface area contributed by atoms with Gasteiger partial charge in [0.1, 0.15) is 0 Å². The van der Waals surface area contributed by atoms with Crippen LogP contribution in [0.15, 0.2) is 24.3 Å². The summed E-state index contributed by atoms with van der Waals surface area (Å²) in [6, 6.07) is 1.09. The molecule has 0 aromatic carbocycles. The van der Waals surface area contributed by atoms with Crippen molar-refractivity contribution >= 4 is 9.76 Å². The molecule has 0 unspecified atom stereocenters. The Morgan fingerprint density at radius 1 is 1.30 bits per heavy atom. The summed E-state index contributed by atoms with van der Waals surface area (Å²) < 4.78 is 5.38. The predicted octanol–water partition coefficient (Wildman–Crippen LogP) is 1.66. The van der Waals surface area contributed by atoms with Crippen LogP contribution in [0.4, 0.5) is 0 Å². The van der Waals surface area contributed by atoms with Gasteiger partial charge in [-0.3, -0.25) is 0 Å². The zero-order valence-electron chi connectivity index (χ0n) is 6.94. The lowest BCUT2D eigenvalue weighted by Gasteiger charge is -2.01. The zero-order valence-corrected chi connectivity index (χ0v) is 8.36. The van der Waals surface area contributed by atoms with E-state index in [0.29, 0.717) is 0 Å². The molecule has 0 radical (unpaired) electrons. The van der Waals surface area contributed by atoms with Crippen LogP contribution >= 0.6 is 0 Å². The first kappa shape index (κ1) is 9.66. The predicted molar refractivity (Wildman–Crippen MR) is 48.9 cm³/mol. The summed E-state index contributed by atoms with van der Waals surface area (Å²) in [6.45, 7) is 12.3. The third-order valence-corrected chi connectivity index (χ3v) is 2.57. The molecule has 58 valence electrons. The van der Waals surface area contributed by atoms with Crippen molar-refractivity contribution in [1.82, 2.24) is 0 Å². The third-order valence-electron chi connectivity index (χ3n) is 1.02. The highest BCUT2D eigenvalue weighted by Crippen LogP contribution is 1.96. The summed E-state index contributed by atoms with van der Waals surface area (Å²) in [4.78, 5) is 0. The van der Waals surface area contributed by atoms with Gasteiger partial charge in [0.15, 0.2) is 9.76 Å². The third kappa shape index (κ3) is 7.66. The lowest BCUT2D eigenvalue weighted by atomic mass is 10.4. The average Bonchev–Trinajstić information content (AvgIpc) is 1.79. The van der Waals surface area contributed by atoms with Crippen LogP contribution < -0.4 is 0 Å². The van der Waals surface area contributed by atoms with Crippen LogP contribution in [0.1, 0.15) is 13.8 Å². The smallest absolute Gasteiger partial charge is 0.166 e. The molecule has 0 aliphatic rings. The van der Waals surface area contributed by atoms with Gasteiger partial charge in [-0.15, -0.1) is 6.58 Å². The van der Waals surface area contributed by atoms with E-state index < -0.39 is 0 Å². The van der Waals surface area contributed by atoms with Crippen LogP contribution in [0.25, 0.3) is 0 Å². The molecule has 0 spiro atoms. The number of rotatable bonds is 5. The van der Waals surface area contributed by atoms with Crippen molar-refractivity contribution in [2.24, 2.45) is 0 Å². The molecule has 0 bridgehead atoms. The standard InChI is InChI=1S/C8H16OSi/c1-7(2)5-9-10-6-8(3)4/h1,3,5-6,10H2,2,4H3. The van der Waals surface area contributed by atoms with Gasteiger partial charge in [0.25, 0.3) is 0 Å².